The number of rotatable bonds is 6. The molecule has 3 aromatic rings. The van der Waals surface area contributed by atoms with Gasteiger partial charge in [-0.25, -0.2) is 0 Å². The van der Waals surface area contributed by atoms with Crippen LogP contribution >= 0.6 is 11.3 Å². The number of methoxy groups -OCH3 is 1. The molecule has 0 fully saturated rings. The Hall–Kier alpha value is -3.44. The number of carbonyl (C=O) groups is 1. The average molecular weight is 416 g/mol. The molecule has 0 unspecified atom stereocenters. The van der Waals surface area contributed by atoms with E-state index in [9.17, 15) is 25.0 Å². The first-order valence-corrected chi connectivity index (χ1v) is 9.24. The molecule has 0 N–H and O–H groups in total. The number of benzene rings is 2. The van der Waals surface area contributed by atoms with Gasteiger partial charge in [0.2, 0.25) is 0 Å². The van der Waals surface area contributed by atoms with E-state index >= 15 is 0 Å². The van der Waals surface area contributed by atoms with Crippen molar-refractivity contribution in [3.05, 3.63) is 72.6 Å². The van der Waals surface area contributed by atoms with Crippen LogP contribution in [0.4, 0.5) is 11.4 Å². The Balaban J connectivity index is 2.12. The summed E-state index contributed by atoms with van der Waals surface area (Å²) in [6, 6.07) is 8.56. The minimum absolute atomic E-state index is 0.0651. The van der Waals surface area contributed by atoms with Crippen LogP contribution in [0.3, 0.4) is 0 Å². The lowest BCUT2D eigenvalue weighted by atomic mass is 10.1. The number of hydrogen-bond donors (Lipinski definition) is 0. The van der Waals surface area contributed by atoms with Crippen molar-refractivity contribution < 1.29 is 19.4 Å². The van der Waals surface area contributed by atoms with E-state index in [1.165, 1.54) is 37.4 Å². The van der Waals surface area contributed by atoms with E-state index < -0.39 is 15.8 Å². The first-order valence-electron chi connectivity index (χ1n) is 8.42. The highest BCUT2D eigenvalue weighted by atomic mass is 32.1. The van der Waals surface area contributed by atoms with Crippen molar-refractivity contribution >= 4 is 38.8 Å². The van der Waals surface area contributed by atoms with E-state index in [2.05, 4.69) is 4.99 Å². The molecule has 150 valence electrons. The molecule has 0 aliphatic carbocycles. The molecular formula is C18H16N4O6S. The van der Waals surface area contributed by atoms with Crippen LogP contribution in [0.1, 0.15) is 15.9 Å². The molecule has 0 atom stereocenters. The third-order valence-corrected chi connectivity index (χ3v) is 5.29. The largest absolute Gasteiger partial charge is 0.383 e. The third kappa shape index (κ3) is 4.20. The molecule has 3 rings (SSSR count). The van der Waals surface area contributed by atoms with Crippen LogP contribution in [0.25, 0.3) is 10.2 Å². The van der Waals surface area contributed by atoms with Gasteiger partial charge >= 0.3 is 0 Å². The van der Waals surface area contributed by atoms with Crippen LogP contribution in [0.5, 0.6) is 0 Å². The van der Waals surface area contributed by atoms with Crippen LogP contribution in [0.2, 0.25) is 0 Å². The summed E-state index contributed by atoms with van der Waals surface area (Å²) in [6.07, 6.45) is 0. The zero-order chi connectivity index (χ0) is 21.1. The summed E-state index contributed by atoms with van der Waals surface area (Å²) in [5.74, 6) is -0.639. The maximum Gasteiger partial charge on any atom is 0.279 e. The SMILES string of the molecule is COCCn1c(=NC(=O)c2ccc(C)c([N+](=O)[O-])c2)sc2cc([N+](=O)[O-])ccc21. The summed E-state index contributed by atoms with van der Waals surface area (Å²) in [4.78, 5) is 38.2. The van der Waals surface area contributed by atoms with Gasteiger partial charge in [0.1, 0.15) is 0 Å². The quantitative estimate of drug-likeness (QED) is 0.448. The molecule has 29 heavy (non-hydrogen) atoms. The van der Waals surface area contributed by atoms with Crippen molar-refractivity contribution in [1.29, 1.82) is 0 Å². The Bertz CT molecular complexity index is 1200. The van der Waals surface area contributed by atoms with E-state index in [0.29, 0.717) is 33.7 Å². The zero-order valence-electron chi connectivity index (χ0n) is 15.5. The Kier molecular flexibility index (Phi) is 5.80. The van der Waals surface area contributed by atoms with E-state index in [4.69, 9.17) is 4.74 Å². The maximum atomic E-state index is 12.6. The number of ether oxygens (including phenoxy) is 1. The van der Waals surface area contributed by atoms with Crippen molar-refractivity contribution in [2.45, 2.75) is 13.5 Å². The highest BCUT2D eigenvalue weighted by molar-refractivity contribution is 7.16. The molecular weight excluding hydrogens is 400 g/mol. The molecule has 0 bridgehead atoms. The molecule has 0 aliphatic heterocycles. The fraction of sp³-hybridized carbons (Fsp3) is 0.222. The molecule has 1 heterocycles. The molecule has 0 spiro atoms. The molecule has 1 aromatic heterocycles. The minimum atomic E-state index is -0.639. The van der Waals surface area contributed by atoms with E-state index in [1.807, 2.05) is 0 Å². The van der Waals surface area contributed by atoms with Gasteiger partial charge in [-0.2, -0.15) is 4.99 Å². The second-order valence-corrected chi connectivity index (χ2v) is 7.12. The summed E-state index contributed by atoms with van der Waals surface area (Å²) in [7, 11) is 1.54. The number of fused-ring (bicyclic) bond motifs is 1. The second-order valence-electron chi connectivity index (χ2n) is 6.11. The summed E-state index contributed by atoms with van der Waals surface area (Å²) in [5.41, 5.74) is 0.981. The molecule has 0 aliphatic rings. The summed E-state index contributed by atoms with van der Waals surface area (Å²) < 4.78 is 7.42. The lowest BCUT2D eigenvalue weighted by molar-refractivity contribution is -0.385. The summed E-state index contributed by atoms with van der Waals surface area (Å²) in [5, 5.41) is 22.2. The standard InChI is InChI=1S/C18H16N4O6S/c1-11-3-4-12(9-15(11)22(26)27)17(23)19-18-20(7-8-28-2)14-6-5-13(21(24)25)10-16(14)29-18/h3-6,9-10H,7-8H2,1-2H3. The summed E-state index contributed by atoms with van der Waals surface area (Å²) >= 11 is 1.12. The smallest absolute Gasteiger partial charge is 0.279 e. The van der Waals surface area contributed by atoms with E-state index in [1.54, 1.807) is 17.6 Å². The normalized spacial score (nSPS) is 11.7. The Morgan fingerprint density at radius 3 is 2.59 bits per heavy atom. The monoisotopic (exact) mass is 416 g/mol. The van der Waals surface area contributed by atoms with Gasteiger partial charge in [-0.3, -0.25) is 25.0 Å². The Morgan fingerprint density at radius 2 is 1.93 bits per heavy atom. The lowest BCUT2D eigenvalue weighted by Crippen LogP contribution is -2.19. The van der Waals surface area contributed by atoms with Crippen LogP contribution < -0.4 is 4.80 Å². The number of aryl methyl sites for hydroxylation is 1. The van der Waals surface area contributed by atoms with Gasteiger partial charge in [0.25, 0.3) is 17.3 Å². The number of nitro benzene ring substituents is 2. The molecule has 10 nitrogen and oxygen atoms in total. The molecule has 1 amide bonds. The topological polar surface area (TPSA) is 130 Å². The van der Waals surface area contributed by atoms with Crippen molar-refractivity contribution in [2.24, 2.45) is 4.99 Å². The number of non-ortho nitro benzene ring substituents is 1. The average Bonchev–Trinajstić information content (AvgIpc) is 3.02. The lowest BCUT2D eigenvalue weighted by Gasteiger charge is -2.04. The van der Waals surface area contributed by atoms with Gasteiger partial charge in [-0.05, 0) is 19.1 Å². The number of hydrogen-bond acceptors (Lipinski definition) is 7. The van der Waals surface area contributed by atoms with Crippen LogP contribution in [-0.4, -0.2) is 34.0 Å². The van der Waals surface area contributed by atoms with Crippen LogP contribution in [-0.2, 0) is 11.3 Å². The minimum Gasteiger partial charge on any atom is -0.383 e. The maximum absolute atomic E-state index is 12.6. The van der Waals surface area contributed by atoms with Crippen molar-refractivity contribution in [1.82, 2.24) is 4.57 Å². The van der Waals surface area contributed by atoms with Crippen LogP contribution in [0, 0.1) is 27.2 Å². The molecule has 2 aromatic carbocycles. The van der Waals surface area contributed by atoms with Crippen molar-refractivity contribution in [2.75, 3.05) is 13.7 Å². The van der Waals surface area contributed by atoms with Gasteiger partial charge in [-0.15, -0.1) is 0 Å². The first kappa shape index (κ1) is 20.3. The molecule has 0 saturated carbocycles. The van der Waals surface area contributed by atoms with E-state index in [-0.39, 0.29) is 16.9 Å². The number of thiazole rings is 1. The van der Waals surface area contributed by atoms with E-state index in [0.717, 1.165) is 11.3 Å². The van der Waals surface area contributed by atoms with Crippen LogP contribution in [0.15, 0.2) is 41.4 Å². The molecule has 0 radical (unpaired) electrons. The number of amides is 1. The molecule has 0 saturated heterocycles. The number of nitro groups is 2. The Labute approximate surface area is 168 Å². The third-order valence-electron chi connectivity index (χ3n) is 4.25. The second kappa shape index (κ2) is 8.29. The van der Waals surface area contributed by atoms with Gasteiger partial charge in [0.05, 0.1) is 26.7 Å². The fourth-order valence-electron chi connectivity index (χ4n) is 2.75. The highest BCUT2D eigenvalue weighted by Crippen LogP contribution is 2.24. The number of carbonyl (C=O) groups excluding carboxylic acids is 1. The molecule has 11 heteroatoms. The fourth-order valence-corrected chi connectivity index (χ4v) is 3.84. The van der Waals surface area contributed by atoms with Gasteiger partial charge in [0, 0.05) is 43.0 Å². The van der Waals surface area contributed by atoms with Gasteiger partial charge < -0.3 is 9.30 Å². The van der Waals surface area contributed by atoms with Gasteiger partial charge in [-0.1, -0.05) is 17.4 Å². The van der Waals surface area contributed by atoms with Crippen molar-refractivity contribution in [3.63, 3.8) is 0 Å². The first-order chi connectivity index (χ1) is 13.8. The van der Waals surface area contributed by atoms with Crippen molar-refractivity contribution in [3.8, 4) is 0 Å². The highest BCUT2D eigenvalue weighted by Gasteiger charge is 2.16. The zero-order valence-corrected chi connectivity index (χ0v) is 16.3. The number of aromatic nitrogens is 1. The number of nitrogens with zero attached hydrogens (tertiary/aromatic N) is 4. The predicted molar refractivity (Wildman–Crippen MR) is 106 cm³/mol. The van der Waals surface area contributed by atoms with Gasteiger partial charge in [0.15, 0.2) is 4.80 Å². The Morgan fingerprint density at radius 1 is 1.17 bits per heavy atom. The summed E-state index contributed by atoms with van der Waals surface area (Å²) in [6.45, 7) is 2.32. The predicted octanol–water partition coefficient (Wildman–Crippen LogP) is 3.22.